The van der Waals surface area contributed by atoms with E-state index in [0.29, 0.717) is 19.3 Å². The van der Waals surface area contributed by atoms with Gasteiger partial charge >= 0.3 is 0 Å². The lowest BCUT2D eigenvalue weighted by Gasteiger charge is -2.63. The van der Waals surface area contributed by atoms with Crippen LogP contribution >= 0.6 is 0 Å². The summed E-state index contributed by atoms with van der Waals surface area (Å²) < 4.78 is 67.3. The van der Waals surface area contributed by atoms with E-state index >= 15 is 0 Å². The number of aliphatic hydroxyl groups excluding tert-OH is 15. The number of carbonyl (C=O) groups excluding carboxylic acids is 1. The van der Waals surface area contributed by atoms with Crippen molar-refractivity contribution in [2.75, 3.05) is 33.0 Å². The molecule has 10 rings (SSSR count). The molecule has 4 aliphatic carbocycles. The zero-order valence-corrected chi connectivity index (χ0v) is 49.4. The molecule has 6 aliphatic heterocycles. The Kier molecular flexibility index (Phi) is 19.6. The first kappa shape index (κ1) is 66.3. The van der Waals surface area contributed by atoms with Gasteiger partial charge in [0.1, 0.15) is 116 Å². The molecule has 0 amide bonds. The van der Waals surface area contributed by atoms with Crippen LogP contribution in [0.2, 0.25) is 0 Å². The first-order valence-electron chi connectivity index (χ1n) is 30.5. The second kappa shape index (κ2) is 25.1. The molecule has 0 aromatic rings. The van der Waals surface area contributed by atoms with E-state index < -0.39 is 197 Å². The third kappa shape index (κ3) is 11.0. The number of rotatable bonds is 16. The molecule has 2 saturated carbocycles. The number of aliphatic hydroxyl groups is 15. The Morgan fingerprint density at radius 1 is 0.565 bits per heavy atom. The van der Waals surface area contributed by atoms with Crippen molar-refractivity contribution < 1.29 is 133 Å². The zero-order chi connectivity index (χ0) is 61.8. The van der Waals surface area contributed by atoms with Crippen LogP contribution in [0, 0.1) is 33.5 Å². The van der Waals surface area contributed by atoms with Gasteiger partial charge in [0, 0.05) is 17.3 Å². The molecule has 10 aliphatic rings. The number of carbonyl (C=O) groups is 1. The maximum Gasteiger partial charge on any atom is 0.187 e. The molecule has 0 aromatic carbocycles. The van der Waals surface area contributed by atoms with Gasteiger partial charge in [0.05, 0.1) is 50.8 Å². The van der Waals surface area contributed by atoms with Crippen molar-refractivity contribution >= 4 is 5.78 Å². The molecule has 0 radical (unpaired) electrons. The highest BCUT2D eigenvalue weighted by molar-refractivity contribution is 5.83. The number of ketones is 1. The minimum atomic E-state index is -2.05. The Morgan fingerprint density at radius 3 is 1.79 bits per heavy atom. The fourth-order valence-corrected chi connectivity index (χ4v) is 17.1. The molecule has 6 heterocycles. The van der Waals surface area contributed by atoms with Crippen LogP contribution in [0.4, 0.5) is 0 Å². The van der Waals surface area contributed by atoms with Crippen LogP contribution in [0.25, 0.3) is 0 Å². The van der Waals surface area contributed by atoms with Gasteiger partial charge in [-0.05, 0) is 87.4 Å². The van der Waals surface area contributed by atoms with E-state index in [4.69, 9.17) is 52.1 Å². The summed E-state index contributed by atoms with van der Waals surface area (Å²) in [7, 11) is 0. The van der Waals surface area contributed by atoms with Crippen LogP contribution in [0.15, 0.2) is 11.1 Å². The summed E-state index contributed by atoms with van der Waals surface area (Å²) in [6.07, 6.45) is -36.8. The molecule has 1 spiro atoms. The monoisotopic (exact) mass is 1220 g/mol. The summed E-state index contributed by atoms with van der Waals surface area (Å²) in [5.41, 5.74) is 0.871. The first-order valence-corrected chi connectivity index (χ1v) is 30.5. The highest BCUT2D eigenvalue weighted by atomic mass is 16.8. The lowest BCUT2D eigenvalue weighted by atomic mass is 9.42. The predicted molar refractivity (Wildman–Crippen MR) is 285 cm³/mol. The highest BCUT2D eigenvalue weighted by Gasteiger charge is 2.72. The van der Waals surface area contributed by atoms with Crippen molar-refractivity contribution in [1.29, 1.82) is 0 Å². The molecule has 6 saturated heterocycles. The van der Waals surface area contributed by atoms with Crippen molar-refractivity contribution in [2.24, 2.45) is 33.5 Å². The van der Waals surface area contributed by atoms with Crippen molar-refractivity contribution in [1.82, 2.24) is 0 Å². The number of fused-ring (bicyclic) bond motifs is 5. The normalized spacial score (nSPS) is 54.7. The smallest absolute Gasteiger partial charge is 0.187 e. The Bertz CT molecular complexity index is 2350. The Hall–Kier alpha value is -1.63. The van der Waals surface area contributed by atoms with Crippen LogP contribution in [-0.2, 0) is 56.9 Å². The van der Waals surface area contributed by atoms with Gasteiger partial charge in [-0.1, -0.05) is 52.7 Å². The Balaban J connectivity index is 0.858. The van der Waals surface area contributed by atoms with E-state index in [1.165, 1.54) is 18.1 Å². The molecular weight excluding hydrogens is 1130 g/mol. The third-order valence-corrected chi connectivity index (χ3v) is 22.6. The largest absolute Gasteiger partial charge is 0.396 e. The average molecular weight is 1220 g/mol. The third-order valence-electron chi connectivity index (χ3n) is 22.6. The molecule has 33 atom stereocenters. The van der Waals surface area contributed by atoms with Gasteiger partial charge in [-0.25, -0.2) is 0 Å². The molecule has 27 nitrogen and oxygen atoms in total. The summed E-state index contributed by atoms with van der Waals surface area (Å²) in [5.74, 6) is 0.291. The second-order valence-corrected chi connectivity index (χ2v) is 26.9. The number of hydrogen-bond donors (Lipinski definition) is 15. The molecule has 8 fully saturated rings. The molecule has 15 N–H and O–H groups in total. The second-order valence-electron chi connectivity index (χ2n) is 26.9. The van der Waals surface area contributed by atoms with Gasteiger partial charge in [0.2, 0.25) is 0 Å². The number of hydrogen-bond acceptors (Lipinski definition) is 27. The summed E-state index contributed by atoms with van der Waals surface area (Å²) >= 11 is 0. The quantitative estimate of drug-likeness (QED) is 0.0664. The van der Waals surface area contributed by atoms with E-state index in [0.717, 1.165) is 44.9 Å². The van der Waals surface area contributed by atoms with Gasteiger partial charge in [-0.15, -0.1) is 0 Å². The number of allylic oxidation sites excluding steroid dienone is 2. The maximum atomic E-state index is 13.0. The van der Waals surface area contributed by atoms with Crippen LogP contribution < -0.4 is 0 Å². The fraction of sp³-hybridized carbons (Fsp3) is 0.948. The summed E-state index contributed by atoms with van der Waals surface area (Å²) in [4.78, 5) is 13.0. The molecular formula is C58H94O27. The van der Waals surface area contributed by atoms with Gasteiger partial charge < -0.3 is 129 Å². The lowest BCUT2D eigenvalue weighted by molar-refractivity contribution is -0.406. The minimum Gasteiger partial charge on any atom is -0.396 e. The SMILES string of the molecule is CCC(=O)[C@@H]1C[C@@H](C)[C@]2(CC[C@@]3(C)C4=C(CC[C@@]32C)[C@@]2(C)CC[C@H](O[C@@H]3O[C@H](CO[C@@H]5OC[C@H](O)[C@H](O)[C@H]5O[C@@H]5O[C@H](CO)[C@@H](O)[C@H](O[C@@H]6O[C@H](CO)[C@@H](O)[C@H](O)[C@H]6O)[C@H]5O[C@@H]5O[C@@H](C)[C@H](O)[C@@H](O)[C@H]5O)[C@@H](O)[C@H](O)[C@H]3O)[C@@](C)(CO)[C@@H]2CC4)O1. The van der Waals surface area contributed by atoms with Crippen LogP contribution in [0.3, 0.4) is 0 Å². The van der Waals surface area contributed by atoms with E-state index in [2.05, 4.69) is 27.7 Å². The molecule has 0 unspecified atom stereocenters. The van der Waals surface area contributed by atoms with E-state index in [1.807, 2.05) is 13.8 Å². The molecule has 85 heavy (non-hydrogen) atoms. The lowest BCUT2D eigenvalue weighted by Crippen LogP contribution is -2.68. The standard InChI is InChI=1S/C58H94O27/c1-8-27(62)29-17-23(2)58(85-29)16-15-56(6)26-9-10-33-54(4,25(26)11-14-57(56,58)7)13-12-34(55(33,5)22-61)81-50-44(73)42(71)38(67)32(80-50)21-76-52-47(36(65)28(63)20-75-52)83-53-48(84-49-43(72)40(69)35(64)24(3)77-49)46(39(68)31(19-60)79-53)82-51-45(74)41(70)37(66)30(18-59)78-51/h23-24,28-53,59-61,63-74H,8-22H2,1-7H3/t23-,24+,28+,29+,30-,31-,32-,33-,34+,35+,36+,37-,38-,39-,40-,41+,42+,43-,44-,45-,46+,47-,48-,49+,50+,51+,52+,53+,54-,55+,56+,57+,58+/m1/s1. The molecule has 0 bridgehead atoms. The fourth-order valence-electron chi connectivity index (χ4n) is 17.1. The first-order chi connectivity index (χ1) is 40.1. The van der Waals surface area contributed by atoms with Crippen molar-refractivity contribution in [3.8, 4) is 0 Å². The summed E-state index contributed by atoms with van der Waals surface area (Å²) in [5, 5.41) is 165. The summed E-state index contributed by atoms with van der Waals surface area (Å²) in [6.45, 7) is 11.2. The van der Waals surface area contributed by atoms with E-state index in [9.17, 15) is 81.4 Å². The highest BCUT2D eigenvalue weighted by Crippen LogP contribution is 2.75. The van der Waals surface area contributed by atoms with Crippen LogP contribution in [0.1, 0.15) is 113 Å². The zero-order valence-electron chi connectivity index (χ0n) is 49.4. The van der Waals surface area contributed by atoms with E-state index in [-0.39, 0.29) is 40.5 Å². The van der Waals surface area contributed by atoms with E-state index in [1.54, 1.807) is 0 Å². The van der Waals surface area contributed by atoms with Gasteiger partial charge in [0.15, 0.2) is 37.2 Å². The van der Waals surface area contributed by atoms with Crippen LogP contribution in [-0.4, -0.2) is 281 Å². The van der Waals surface area contributed by atoms with Crippen LogP contribution in [0.5, 0.6) is 0 Å². The molecule has 27 heteroatoms. The Morgan fingerprint density at radius 2 is 1.14 bits per heavy atom. The molecule has 488 valence electrons. The molecule has 0 aromatic heterocycles. The maximum absolute atomic E-state index is 13.0. The number of Topliss-reactive ketones (excluding diaryl/α,β-unsaturated/α-hetero) is 1. The minimum absolute atomic E-state index is 0.0801. The van der Waals surface area contributed by atoms with Gasteiger partial charge in [-0.2, -0.15) is 0 Å². The Labute approximate surface area is 493 Å². The topological polar surface area (TPSA) is 422 Å². The average Bonchev–Trinajstić information content (AvgIpc) is 1.64. The van der Waals surface area contributed by atoms with Crippen molar-refractivity contribution in [3.05, 3.63) is 11.1 Å². The van der Waals surface area contributed by atoms with Crippen molar-refractivity contribution in [2.45, 2.75) is 278 Å². The van der Waals surface area contributed by atoms with Crippen molar-refractivity contribution in [3.63, 3.8) is 0 Å². The van der Waals surface area contributed by atoms with Gasteiger partial charge in [0.25, 0.3) is 0 Å². The predicted octanol–water partition coefficient (Wildman–Crippen LogP) is -3.62. The van der Waals surface area contributed by atoms with Gasteiger partial charge in [-0.3, -0.25) is 4.79 Å². The summed E-state index contributed by atoms with van der Waals surface area (Å²) in [6, 6.07) is 0. The number of ether oxygens (including phenoxy) is 11.